The highest BCUT2D eigenvalue weighted by molar-refractivity contribution is 5.90. The van der Waals surface area contributed by atoms with Gasteiger partial charge in [0.1, 0.15) is 5.65 Å². The molecule has 0 amide bonds. The van der Waals surface area contributed by atoms with Gasteiger partial charge in [-0.25, -0.2) is 9.48 Å². The Kier molecular flexibility index (Phi) is 3.85. The molecule has 2 aliphatic rings. The number of aryl methyl sites for hydroxylation is 1. The number of aromatic amines is 1. The molecule has 3 heterocycles. The molecule has 0 atom stereocenters. The fourth-order valence-corrected chi connectivity index (χ4v) is 4.22. The Morgan fingerprint density at radius 3 is 2.38 bits per heavy atom. The minimum atomic E-state index is -0.682. The first kappa shape index (κ1) is 18.3. The van der Waals surface area contributed by atoms with E-state index in [1.54, 1.807) is 6.07 Å². The molecule has 2 aliphatic heterocycles. The van der Waals surface area contributed by atoms with Gasteiger partial charge in [-0.2, -0.15) is 10.1 Å². The summed E-state index contributed by atoms with van der Waals surface area (Å²) in [6, 6.07) is 25.6. The number of nitrogens with one attached hydrogen (secondary N) is 1. The number of fused-ring (bicyclic) bond motifs is 3. The Morgan fingerprint density at radius 2 is 1.56 bits per heavy atom. The topological polar surface area (TPSA) is 85.6 Å². The molecule has 0 spiro atoms. The van der Waals surface area contributed by atoms with E-state index in [0.29, 0.717) is 11.4 Å². The molecule has 0 radical (unpaired) electrons. The lowest BCUT2D eigenvalue weighted by Crippen LogP contribution is -2.27. The van der Waals surface area contributed by atoms with Crippen molar-refractivity contribution in [1.82, 2.24) is 24.3 Å². The van der Waals surface area contributed by atoms with Crippen LogP contribution in [0.4, 0.5) is 0 Å². The predicted octanol–water partition coefficient (Wildman–Crippen LogP) is 3.83. The second-order valence-electron chi connectivity index (χ2n) is 7.69. The van der Waals surface area contributed by atoms with Gasteiger partial charge in [0.15, 0.2) is 5.82 Å². The van der Waals surface area contributed by atoms with Gasteiger partial charge in [-0.15, -0.1) is 0 Å². The average Bonchev–Trinajstić information content (AvgIpc) is 3.14. The number of hydrogen-bond donors (Lipinski definition) is 1. The summed E-state index contributed by atoms with van der Waals surface area (Å²) >= 11 is 0. The average molecular weight is 419 g/mol. The molecule has 0 unspecified atom stereocenters. The van der Waals surface area contributed by atoms with Gasteiger partial charge in [-0.1, -0.05) is 48.5 Å². The van der Waals surface area contributed by atoms with Crippen molar-refractivity contribution in [3.63, 3.8) is 0 Å². The first-order chi connectivity index (χ1) is 15.6. The number of rotatable bonds is 2. The van der Waals surface area contributed by atoms with Crippen molar-refractivity contribution in [2.45, 2.75) is 6.92 Å². The van der Waals surface area contributed by atoms with Crippen molar-refractivity contribution in [2.75, 3.05) is 0 Å². The lowest BCUT2D eigenvalue weighted by molar-refractivity contribution is 0.851. The van der Waals surface area contributed by atoms with E-state index in [1.165, 1.54) is 0 Å². The van der Waals surface area contributed by atoms with Gasteiger partial charge < -0.3 is 0 Å². The van der Waals surface area contributed by atoms with E-state index in [2.05, 4.69) is 9.97 Å². The van der Waals surface area contributed by atoms with E-state index in [1.807, 2.05) is 89.0 Å². The molecule has 7 nitrogen and oxygen atoms in total. The van der Waals surface area contributed by atoms with Crippen molar-refractivity contribution >= 4 is 21.8 Å². The molecule has 0 aliphatic carbocycles. The molecule has 4 aromatic rings. The van der Waals surface area contributed by atoms with Gasteiger partial charge in [-0.3, -0.25) is 14.3 Å². The lowest BCUT2D eigenvalue weighted by Gasteiger charge is -2.18. The summed E-state index contributed by atoms with van der Waals surface area (Å²) in [7, 11) is 0. The maximum atomic E-state index is 12.7. The van der Waals surface area contributed by atoms with Gasteiger partial charge >= 0.3 is 5.69 Å². The fraction of sp³-hybridized carbons (Fsp3) is 0.0400. The summed E-state index contributed by atoms with van der Waals surface area (Å²) in [4.78, 5) is 31.4. The standard InChI is InChI=1S/C25H17N5O2/c1-15-20-14-21-22(26-25(32)27-23(21)31)29(19-12-11-16-7-5-6-8-17(16)13-19)24(20)30(28-15)18-9-3-2-4-10-18/h2-14H,1H3,(H,27,31,32). The lowest BCUT2D eigenvalue weighted by atomic mass is 10.1. The van der Waals surface area contributed by atoms with Gasteiger partial charge in [0.05, 0.1) is 16.9 Å². The first-order valence-corrected chi connectivity index (χ1v) is 10.2. The third kappa shape index (κ3) is 2.68. The van der Waals surface area contributed by atoms with E-state index in [9.17, 15) is 9.59 Å². The van der Waals surface area contributed by atoms with Crippen LogP contribution in [0.1, 0.15) is 5.69 Å². The van der Waals surface area contributed by atoms with E-state index in [-0.39, 0.29) is 0 Å². The number of H-pyrrole nitrogens is 1. The molecule has 1 N–H and O–H groups in total. The normalized spacial score (nSPS) is 11.5. The van der Waals surface area contributed by atoms with E-state index >= 15 is 0 Å². The summed E-state index contributed by atoms with van der Waals surface area (Å²) in [6.45, 7) is 1.90. The number of pyridine rings is 1. The SMILES string of the molecule is Cc1nn(-c2ccccc2)c2c1cc1c(=O)[nH]c(=O)nc-1n2-c1ccc2ccccc2c1. The third-order valence-electron chi connectivity index (χ3n) is 5.70. The van der Waals surface area contributed by atoms with Crippen LogP contribution in [-0.2, 0) is 0 Å². The fourth-order valence-electron chi connectivity index (χ4n) is 4.22. The van der Waals surface area contributed by atoms with Crippen LogP contribution in [0.15, 0.2) is 88.5 Å². The van der Waals surface area contributed by atoms with Crippen LogP contribution < -0.4 is 11.2 Å². The van der Waals surface area contributed by atoms with Crippen molar-refractivity contribution < 1.29 is 0 Å². The zero-order valence-electron chi connectivity index (χ0n) is 17.1. The molecular formula is C25H17N5O2. The minimum Gasteiger partial charge on any atom is -0.278 e. The highest BCUT2D eigenvalue weighted by Crippen LogP contribution is 2.32. The quantitative estimate of drug-likeness (QED) is 0.462. The highest BCUT2D eigenvalue weighted by atomic mass is 16.2. The van der Waals surface area contributed by atoms with Crippen molar-refractivity contribution in [2.24, 2.45) is 0 Å². The summed E-state index contributed by atoms with van der Waals surface area (Å²) in [5.74, 6) is 0.290. The van der Waals surface area contributed by atoms with Gasteiger partial charge in [0.2, 0.25) is 0 Å². The maximum absolute atomic E-state index is 12.7. The van der Waals surface area contributed by atoms with Gasteiger partial charge in [0, 0.05) is 11.1 Å². The summed E-state index contributed by atoms with van der Waals surface area (Å²) in [5, 5.41) is 7.70. The summed E-state index contributed by atoms with van der Waals surface area (Å²) < 4.78 is 3.67. The molecule has 7 heteroatoms. The van der Waals surface area contributed by atoms with Crippen LogP contribution in [0.25, 0.3) is 44.6 Å². The zero-order valence-corrected chi connectivity index (χ0v) is 17.1. The van der Waals surface area contributed by atoms with Crippen LogP contribution in [0.2, 0.25) is 0 Å². The van der Waals surface area contributed by atoms with Crippen LogP contribution >= 0.6 is 0 Å². The van der Waals surface area contributed by atoms with Crippen molar-refractivity contribution in [3.05, 3.63) is 105 Å². The number of hydrogen-bond acceptors (Lipinski definition) is 4. The van der Waals surface area contributed by atoms with Crippen molar-refractivity contribution in [1.29, 1.82) is 0 Å². The van der Waals surface area contributed by atoms with Crippen molar-refractivity contribution in [3.8, 4) is 22.8 Å². The molecule has 0 fully saturated rings. The molecule has 32 heavy (non-hydrogen) atoms. The Labute approximate surface area is 181 Å². The largest absolute Gasteiger partial charge is 0.349 e. The summed E-state index contributed by atoms with van der Waals surface area (Å²) in [6.07, 6.45) is 0. The Balaban J connectivity index is 1.83. The smallest absolute Gasteiger partial charge is 0.278 e. The molecule has 0 saturated heterocycles. The molecular weight excluding hydrogens is 402 g/mol. The Bertz CT molecular complexity index is 1730. The second kappa shape index (κ2) is 6.75. The van der Waals surface area contributed by atoms with E-state index in [4.69, 9.17) is 5.10 Å². The third-order valence-corrected chi connectivity index (χ3v) is 5.70. The summed E-state index contributed by atoms with van der Waals surface area (Å²) in [5.41, 5.74) is 2.34. The van der Waals surface area contributed by atoms with Crippen LogP contribution in [0.3, 0.4) is 0 Å². The Morgan fingerprint density at radius 1 is 0.812 bits per heavy atom. The second-order valence-corrected chi connectivity index (χ2v) is 7.69. The maximum Gasteiger partial charge on any atom is 0.349 e. The predicted molar refractivity (Wildman–Crippen MR) is 124 cm³/mol. The molecule has 0 saturated carbocycles. The molecule has 6 rings (SSSR count). The highest BCUT2D eigenvalue weighted by Gasteiger charge is 2.23. The number of aromatic nitrogens is 5. The number of para-hydroxylation sites is 1. The van der Waals surface area contributed by atoms with Gasteiger partial charge in [-0.05, 0) is 48.0 Å². The number of nitrogens with zero attached hydrogens (tertiary/aromatic N) is 4. The van der Waals surface area contributed by atoms with Gasteiger partial charge in [0.25, 0.3) is 5.56 Å². The Hall–Kier alpha value is -4.52. The molecule has 154 valence electrons. The minimum absolute atomic E-state index is 0.290. The van der Waals surface area contributed by atoms with E-state index < -0.39 is 11.2 Å². The van der Waals surface area contributed by atoms with E-state index in [0.717, 1.165) is 38.9 Å². The molecule has 1 aromatic heterocycles. The van der Waals surface area contributed by atoms with Crippen LogP contribution in [-0.4, -0.2) is 24.3 Å². The molecule has 0 bridgehead atoms. The first-order valence-electron chi connectivity index (χ1n) is 10.2. The molecule has 3 aromatic carbocycles. The zero-order chi connectivity index (χ0) is 21.8. The monoisotopic (exact) mass is 419 g/mol. The number of benzene rings is 3. The van der Waals surface area contributed by atoms with Crippen LogP contribution in [0, 0.1) is 6.92 Å². The van der Waals surface area contributed by atoms with Crippen LogP contribution in [0.5, 0.6) is 0 Å².